The first-order chi connectivity index (χ1) is 9.11. The van der Waals surface area contributed by atoms with Crippen LogP contribution in [0.4, 0.5) is 5.69 Å². The standard InChI is InChI=1S/C15H16BrNO2/c1-19-11-6-7-13(16)10(8-11)9-15(18)12-4-2-3-5-14(12)17/h2-8,15,18H,9,17H2,1H3. The zero-order chi connectivity index (χ0) is 13.8. The van der Waals surface area contributed by atoms with Crippen molar-refractivity contribution in [1.29, 1.82) is 0 Å². The van der Waals surface area contributed by atoms with Crippen molar-refractivity contribution < 1.29 is 9.84 Å². The minimum Gasteiger partial charge on any atom is -0.497 e. The van der Waals surface area contributed by atoms with Crippen molar-refractivity contribution in [2.75, 3.05) is 12.8 Å². The van der Waals surface area contributed by atoms with Gasteiger partial charge >= 0.3 is 0 Å². The second-order valence-corrected chi connectivity index (χ2v) is 5.16. The molecule has 0 saturated carbocycles. The Morgan fingerprint density at radius 2 is 2.00 bits per heavy atom. The largest absolute Gasteiger partial charge is 0.497 e. The number of nitrogens with two attached hydrogens (primary N) is 1. The Morgan fingerprint density at radius 1 is 1.26 bits per heavy atom. The third-order valence-corrected chi connectivity index (χ3v) is 3.79. The van der Waals surface area contributed by atoms with Gasteiger partial charge in [0.1, 0.15) is 5.75 Å². The maximum atomic E-state index is 10.3. The van der Waals surface area contributed by atoms with E-state index in [-0.39, 0.29) is 0 Å². The van der Waals surface area contributed by atoms with Gasteiger partial charge < -0.3 is 15.6 Å². The van der Waals surface area contributed by atoms with Gasteiger partial charge in [-0.1, -0.05) is 34.1 Å². The first-order valence-electron chi connectivity index (χ1n) is 5.96. The van der Waals surface area contributed by atoms with Crippen LogP contribution >= 0.6 is 15.9 Å². The van der Waals surface area contributed by atoms with Crippen LogP contribution in [0.15, 0.2) is 46.9 Å². The molecule has 0 saturated heterocycles. The van der Waals surface area contributed by atoms with Gasteiger partial charge in [-0.05, 0) is 29.8 Å². The lowest BCUT2D eigenvalue weighted by Crippen LogP contribution is -2.05. The maximum absolute atomic E-state index is 10.3. The van der Waals surface area contributed by atoms with E-state index >= 15 is 0 Å². The Kier molecular flexibility index (Phi) is 4.45. The summed E-state index contributed by atoms with van der Waals surface area (Å²) >= 11 is 3.48. The number of benzene rings is 2. The molecule has 2 aromatic rings. The molecular formula is C15H16BrNO2. The van der Waals surface area contributed by atoms with Crippen LogP contribution in [0.1, 0.15) is 17.2 Å². The number of anilines is 1. The number of aliphatic hydroxyl groups excluding tert-OH is 1. The predicted molar refractivity (Wildman–Crippen MR) is 80.2 cm³/mol. The van der Waals surface area contributed by atoms with Crippen LogP contribution in [-0.4, -0.2) is 12.2 Å². The van der Waals surface area contributed by atoms with E-state index in [0.29, 0.717) is 12.1 Å². The van der Waals surface area contributed by atoms with Crippen LogP contribution in [0, 0.1) is 0 Å². The Balaban J connectivity index is 2.24. The summed E-state index contributed by atoms with van der Waals surface area (Å²) in [5.74, 6) is 0.770. The smallest absolute Gasteiger partial charge is 0.119 e. The van der Waals surface area contributed by atoms with E-state index in [1.807, 2.05) is 36.4 Å². The SMILES string of the molecule is COc1ccc(Br)c(CC(O)c2ccccc2N)c1. The Morgan fingerprint density at radius 3 is 2.68 bits per heavy atom. The fourth-order valence-corrected chi connectivity index (χ4v) is 2.38. The molecule has 1 unspecified atom stereocenters. The van der Waals surface area contributed by atoms with Gasteiger partial charge in [-0.25, -0.2) is 0 Å². The van der Waals surface area contributed by atoms with Crippen LogP contribution in [0.2, 0.25) is 0 Å². The highest BCUT2D eigenvalue weighted by Crippen LogP contribution is 2.29. The molecule has 2 rings (SSSR count). The first-order valence-corrected chi connectivity index (χ1v) is 6.76. The highest BCUT2D eigenvalue weighted by Gasteiger charge is 2.13. The molecule has 1 atom stereocenters. The molecule has 0 aromatic heterocycles. The Labute approximate surface area is 121 Å². The average Bonchev–Trinajstić information content (AvgIpc) is 2.41. The summed E-state index contributed by atoms with van der Waals surface area (Å²) in [6.45, 7) is 0. The third kappa shape index (κ3) is 3.28. The van der Waals surface area contributed by atoms with Crippen LogP contribution in [0.5, 0.6) is 5.75 Å². The van der Waals surface area contributed by atoms with Crippen molar-refractivity contribution in [2.45, 2.75) is 12.5 Å². The number of hydrogen-bond donors (Lipinski definition) is 2. The molecular weight excluding hydrogens is 306 g/mol. The molecule has 0 heterocycles. The van der Waals surface area contributed by atoms with Gasteiger partial charge in [-0.2, -0.15) is 0 Å². The van der Waals surface area contributed by atoms with Crippen LogP contribution in [-0.2, 0) is 6.42 Å². The van der Waals surface area contributed by atoms with Crippen LogP contribution in [0.3, 0.4) is 0 Å². The van der Waals surface area contributed by atoms with Gasteiger partial charge in [-0.3, -0.25) is 0 Å². The normalized spacial score (nSPS) is 12.2. The topological polar surface area (TPSA) is 55.5 Å². The van der Waals surface area contributed by atoms with Crippen molar-refractivity contribution >= 4 is 21.6 Å². The molecule has 3 nitrogen and oxygen atoms in total. The number of ether oxygens (including phenoxy) is 1. The summed E-state index contributed by atoms with van der Waals surface area (Å²) in [6.07, 6.45) is -0.156. The fraction of sp³-hybridized carbons (Fsp3) is 0.200. The molecule has 0 amide bonds. The van der Waals surface area contributed by atoms with Gasteiger partial charge in [-0.15, -0.1) is 0 Å². The average molecular weight is 322 g/mol. The monoisotopic (exact) mass is 321 g/mol. The summed E-state index contributed by atoms with van der Waals surface area (Å²) in [5.41, 5.74) is 8.21. The summed E-state index contributed by atoms with van der Waals surface area (Å²) in [4.78, 5) is 0. The summed E-state index contributed by atoms with van der Waals surface area (Å²) < 4.78 is 6.14. The lowest BCUT2D eigenvalue weighted by atomic mass is 10.00. The van der Waals surface area contributed by atoms with E-state index in [1.54, 1.807) is 13.2 Å². The van der Waals surface area contributed by atoms with E-state index < -0.39 is 6.10 Å². The number of nitrogen functional groups attached to an aromatic ring is 1. The van der Waals surface area contributed by atoms with E-state index in [1.165, 1.54) is 0 Å². The zero-order valence-electron chi connectivity index (χ0n) is 10.6. The van der Waals surface area contributed by atoms with Crippen molar-refractivity contribution in [3.8, 4) is 5.75 Å². The van der Waals surface area contributed by atoms with Crippen molar-refractivity contribution in [3.05, 3.63) is 58.1 Å². The highest BCUT2D eigenvalue weighted by molar-refractivity contribution is 9.10. The molecule has 0 bridgehead atoms. The molecule has 0 spiro atoms. The second-order valence-electron chi connectivity index (χ2n) is 4.31. The second kappa shape index (κ2) is 6.08. The third-order valence-electron chi connectivity index (χ3n) is 3.02. The highest BCUT2D eigenvalue weighted by atomic mass is 79.9. The van der Waals surface area contributed by atoms with Crippen LogP contribution < -0.4 is 10.5 Å². The molecule has 4 heteroatoms. The van der Waals surface area contributed by atoms with E-state index in [2.05, 4.69) is 15.9 Å². The van der Waals surface area contributed by atoms with Gasteiger partial charge in [0.05, 0.1) is 13.2 Å². The van der Waals surface area contributed by atoms with Gasteiger partial charge in [0.25, 0.3) is 0 Å². The minimum absolute atomic E-state index is 0.478. The van der Waals surface area contributed by atoms with Gasteiger partial charge in [0.2, 0.25) is 0 Å². The number of rotatable bonds is 4. The van der Waals surface area contributed by atoms with Crippen molar-refractivity contribution in [2.24, 2.45) is 0 Å². The Hall–Kier alpha value is -1.52. The molecule has 0 fully saturated rings. The zero-order valence-corrected chi connectivity index (χ0v) is 12.2. The van der Waals surface area contributed by atoms with E-state index in [4.69, 9.17) is 10.5 Å². The lowest BCUT2D eigenvalue weighted by Gasteiger charge is -2.15. The molecule has 0 aliphatic carbocycles. The number of hydrogen-bond acceptors (Lipinski definition) is 3. The maximum Gasteiger partial charge on any atom is 0.119 e. The van der Waals surface area contributed by atoms with Crippen molar-refractivity contribution in [3.63, 3.8) is 0 Å². The Bertz CT molecular complexity index is 572. The van der Waals surface area contributed by atoms with Gasteiger partial charge in [0, 0.05) is 22.1 Å². The first kappa shape index (κ1) is 13.9. The number of para-hydroxylation sites is 1. The minimum atomic E-state index is -0.635. The van der Waals surface area contributed by atoms with E-state index in [0.717, 1.165) is 21.3 Å². The summed E-state index contributed by atoms with van der Waals surface area (Å²) in [6, 6.07) is 13.0. The van der Waals surface area contributed by atoms with Crippen molar-refractivity contribution in [1.82, 2.24) is 0 Å². The molecule has 19 heavy (non-hydrogen) atoms. The fourth-order valence-electron chi connectivity index (χ4n) is 1.97. The van der Waals surface area contributed by atoms with Crippen LogP contribution in [0.25, 0.3) is 0 Å². The molecule has 2 aromatic carbocycles. The quantitative estimate of drug-likeness (QED) is 0.849. The summed E-state index contributed by atoms with van der Waals surface area (Å²) in [7, 11) is 1.62. The predicted octanol–water partition coefficient (Wildman–Crippen LogP) is 3.32. The van der Waals surface area contributed by atoms with E-state index in [9.17, 15) is 5.11 Å². The molecule has 0 aliphatic rings. The summed E-state index contributed by atoms with van der Waals surface area (Å²) in [5, 5.41) is 10.3. The molecule has 0 radical (unpaired) electrons. The molecule has 100 valence electrons. The number of aliphatic hydroxyl groups is 1. The lowest BCUT2D eigenvalue weighted by molar-refractivity contribution is 0.179. The molecule has 0 aliphatic heterocycles. The number of halogens is 1. The van der Waals surface area contributed by atoms with Gasteiger partial charge in [0.15, 0.2) is 0 Å². The number of methoxy groups -OCH3 is 1. The molecule has 3 N–H and O–H groups in total.